The van der Waals surface area contributed by atoms with Crippen LogP contribution in [0.3, 0.4) is 0 Å². The van der Waals surface area contributed by atoms with Gasteiger partial charge < -0.3 is 39.3 Å². The maximum Gasteiger partial charge on any atom is 0.434 e. The monoisotopic (exact) mass is 920 g/mol. The van der Waals surface area contributed by atoms with E-state index in [1.54, 1.807) is 23.1 Å². The van der Waals surface area contributed by atoms with E-state index in [9.17, 15) is 66.3 Å². The van der Waals surface area contributed by atoms with Crippen molar-refractivity contribution in [3.8, 4) is 0 Å². The van der Waals surface area contributed by atoms with Crippen molar-refractivity contribution in [2.75, 3.05) is 115 Å². The number of ether oxygens (including phenoxy) is 3. The number of amides is 1. The van der Waals surface area contributed by atoms with Crippen molar-refractivity contribution in [3.63, 3.8) is 0 Å². The van der Waals surface area contributed by atoms with Gasteiger partial charge in [0.25, 0.3) is 6.10 Å². The van der Waals surface area contributed by atoms with Gasteiger partial charge in [0.15, 0.2) is 0 Å². The van der Waals surface area contributed by atoms with Gasteiger partial charge >= 0.3 is 30.8 Å². The number of aliphatic hydroxyl groups excluding tert-OH is 1. The quantitative estimate of drug-likeness (QED) is 0.325. The number of anilines is 2. The third-order valence-corrected chi connectivity index (χ3v) is 9.89. The second kappa shape index (κ2) is 22.1. The normalized spacial score (nSPS) is 18.9. The Morgan fingerprint density at radius 3 is 1.32 bits per heavy atom. The van der Waals surface area contributed by atoms with Gasteiger partial charge in [-0.25, -0.2) is 13.6 Å². The molecule has 0 unspecified atom stereocenters. The number of hydrogen-bond donors (Lipinski definition) is 2. The first-order chi connectivity index (χ1) is 28.9. The number of morpholine rings is 2. The average molecular weight is 921 g/mol. The summed E-state index contributed by atoms with van der Waals surface area (Å²) in [5.41, 5.74) is 2.89. The molecular weight excluding hydrogens is 874 g/mol. The minimum atomic E-state index is -5.76. The summed E-state index contributed by atoms with van der Waals surface area (Å²) in [6, 6.07) is 10.5. The van der Waals surface area contributed by atoms with Gasteiger partial charge in [0, 0.05) is 114 Å². The highest BCUT2D eigenvalue weighted by Crippen LogP contribution is 2.36. The number of nitrogens with one attached hydrogen (secondary N) is 1. The zero-order valence-corrected chi connectivity index (χ0v) is 33.0. The van der Waals surface area contributed by atoms with Crippen LogP contribution in [0.5, 0.6) is 0 Å². The lowest BCUT2D eigenvalue weighted by Gasteiger charge is -2.35. The number of carbonyl (C=O) groups excluding carboxylic acids is 1. The summed E-state index contributed by atoms with van der Waals surface area (Å²) in [5.74, 6) is -0.512. The summed E-state index contributed by atoms with van der Waals surface area (Å²) in [6.45, 7) is 10.4. The van der Waals surface area contributed by atoms with Gasteiger partial charge in [-0.3, -0.25) is 9.80 Å². The molecule has 62 heavy (non-hydrogen) atoms. The fraction of sp³-hybridized carbons (Fsp3) is 0.649. The minimum absolute atomic E-state index is 0.0903. The molecule has 0 radical (unpaired) electrons. The highest BCUT2D eigenvalue weighted by molar-refractivity contribution is 5.68. The first kappa shape index (κ1) is 50.7. The second-order valence-corrected chi connectivity index (χ2v) is 14.4. The third kappa shape index (κ3) is 15.7. The van der Waals surface area contributed by atoms with E-state index in [2.05, 4.69) is 19.9 Å². The van der Waals surface area contributed by atoms with E-state index in [1.807, 2.05) is 17.0 Å². The molecule has 6 rings (SSSR count). The van der Waals surface area contributed by atoms with Gasteiger partial charge in [0.1, 0.15) is 11.6 Å². The highest BCUT2D eigenvalue weighted by Gasteiger charge is 2.60. The predicted molar refractivity (Wildman–Crippen MR) is 194 cm³/mol. The number of alkyl halides is 12. The van der Waals surface area contributed by atoms with Gasteiger partial charge in [-0.15, -0.1) is 0 Å². The number of halogens is 14. The lowest BCUT2D eigenvalue weighted by Crippen LogP contribution is -2.52. The van der Waals surface area contributed by atoms with Gasteiger partial charge in [0.05, 0.1) is 26.4 Å². The molecule has 1 amide bonds. The number of piperazine rings is 2. The minimum Gasteiger partial charge on any atom is -0.426 e. The summed E-state index contributed by atoms with van der Waals surface area (Å²) < 4.78 is 184. The lowest BCUT2D eigenvalue weighted by atomic mass is 10.1. The molecule has 11 nitrogen and oxygen atoms in total. The summed E-state index contributed by atoms with van der Waals surface area (Å²) in [7, 11) is 0. The van der Waals surface area contributed by atoms with E-state index in [1.165, 1.54) is 6.07 Å². The SMILES string of the molecule is Fc1cc(N2CCOCC2)ccc1CN1CCNCC1.O=C(OC(C(F)(F)F)C(F)(F)F)N1CCN(Cc2ccc(N3CCOCC3)cc2F)CC1.OC(C(F)(F)F)C(F)(F)F. The van der Waals surface area contributed by atoms with Crippen molar-refractivity contribution >= 4 is 17.5 Å². The Balaban J connectivity index is 0.000000238. The van der Waals surface area contributed by atoms with E-state index in [4.69, 9.17) is 14.6 Å². The van der Waals surface area contributed by atoms with E-state index in [-0.39, 0.29) is 38.5 Å². The van der Waals surface area contributed by atoms with E-state index >= 15 is 0 Å². The molecule has 4 aliphatic heterocycles. The molecule has 4 saturated heterocycles. The smallest absolute Gasteiger partial charge is 0.426 e. The Morgan fingerprint density at radius 1 is 0.597 bits per heavy atom. The molecule has 4 fully saturated rings. The van der Waals surface area contributed by atoms with Crippen molar-refractivity contribution in [2.45, 2.75) is 50.0 Å². The molecule has 2 aromatic rings. The van der Waals surface area contributed by atoms with Crippen LogP contribution in [0.1, 0.15) is 11.1 Å². The first-order valence-electron chi connectivity index (χ1n) is 19.2. The number of rotatable bonds is 7. The lowest BCUT2D eigenvalue weighted by molar-refractivity contribution is -0.309. The number of carbonyl (C=O) groups is 1. The van der Waals surface area contributed by atoms with Gasteiger partial charge in [-0.2, -0.15) is 52.7 Å². The Kier molecular flexibility index (Phi) is 18.1. The summed E-state index contributed by atoms with van der Waals surface area (Å²) >= 11 is 0. The number of benzene rings is 2. The zero-order valence-electron chi connectivity index (χ0n) is 33.0. The Morgan fingerprint density at radius 2 is 0.984 bits per heavy atom. The molecule has 352 valence electrons. The molecule has 0 spiro atoms. The molecule has 25 heteroatoms. The zero-order chi connectivity index (χ0) is 45.9. The molecule has 0 aromatic heterocycles. The molecule has 0 aliphatic carbocycles. The van der Waals surface area contributed by atoms with Crippen LogP contribution in [0.25, 0.3) is 0 Å². The first-order valence-corrected chi connectivity index (χ1v) is 19.2. The van der Waals surface area contributed by atoms with Crippen LogP contribution >= 0.6 is 0 Å². The van der Waals surface area contributed by atoms with Crippen LogP contribution in [0.4, 0.5) is 77.6 Å². The summed E-state index contributed by atoms with van der Waals surface area (Å²) in [5, 5.41) is 10.8. The predicted octanol–water partition coefficient (Wildman–Crippen LogP) is 5.95. The van der Waals surface area contributed by atoms with Crippen LogP contribution in [0.15, 0.2) is 36.4 Å². The van der Waals surface area contributed by atoms with Crippen LogP contribution in [-0.4, -0.2) is 168 Å². The Labute approximate surface area is 347 Å². The molecule has 2 aromatic carbocycles. The van der Waals surface area contributed by atoms with Gasteiger partial charge in [-0.1, -0.05) is 12.1 Å². The standard InChI is InChI=1S/C19H22F7N3O3.C15H22FN3O.C3H2F6O/c20-15-11-14(28-7-9-31-10-8-28)2-1-13(15)12-27-3-5-29(6-4-27)17(30)32-16(18(21,22)23)19(24,25)26;16-15-11-14(19-7-9-20-10-8-19)2-1-13(15)12-18-5-3-17-4-6-18;4-2(5,6)1(10)3(7,8)9/h1-2,11,16H,3-10,12H2;1-2,11,17H,3-10,12H2;1,10H. The molecule has 4 aliphatic rings. The largest absolute Gasteiger partial charge is 0.434 e. The second-order valence-electron chi connectivity index (χ2n) is 14.4. The van der Waals surface area contributed by atoms with Gasteiger partial charge in [0.2, 0.25) is 6.10 Å². The van der Waals surface area contributed by atoms with Crippen LogP contribution in [0, 0.1) is 11.6 Å². The average Bonchev–Trinajstić information content (AvgIpc) is 3.21. The van der Waals surface area contributed by atoms with E-state index < -0.39 is 48.8 Å². The Bertz CT molecular complexity index is 1660. The molecule has 4 heterocycles. The summed E-state index contributed by atoms with van der Waals surface area (Å²) in [4.78, 5) is 20.8. The van der Waals surface area contributed by atoms with Crippen LogP contribution < -0.4 is 15.1 Å². The topological polar surface area (TPSA) is 93.2 Å². The van der Waals surface area contributed by atoms with Gasteiger partial charge in [-0.05, 0) is 24.3 Å². The fourth-order valence-corrected chi connectivity index (χ4v) is 6.49. The van der Waals surface area contributed by atoms with Crippen molar-refractivity contribution in [1.82, 2.24) is 20.0 Å². The number of nitrogens with zero attached hydrogens (tertiary/aromatic N) is 5. The molecule has 0 atom stereocenters. The molecule has 0 bridgehead atoms. The maximum absolute atomic E-state index is 14.5. The van der Waals surface area contributed by atoms with E-state index in [0.717, 1.165) is 74.3 Å². The van der Waals surface area contributed by atoms with Crippen molar-refractivity contribution in [3.05, 3.63) is 59.2 Å². The fourth-order valence-electron chi connectivity index (χ4n) is 6.49. The third-order valence-electron chi connectivity index (χ3n) is 9.89. The van der Waals surface area contributed by atoms with Crippen molar-refractivity contribution < 1.29 is 85.6 Å². The maximum atomic E-state index is 14.5. The molecule has 0 saturated carbocycles. The van der Waals surface area contributed by atoms with Crippen LogP contribution in [-0.2, 0) is 27.3 Å². The Hall–Kier alpha value is -3.91. The van der Waals surface area contributed by atoms with Crippen molar-refractivity contribution in [2.24, 2.45) is 0 Å². The summed E-state index contributed by atoms with van der Waals surface area (Å²) in [6.07, 6.45) is -32.9. The van der Waals surface area contributed by atoms with E-state index in [0.29, 0.717) is 38.4 Å². The van der Waals surface area contributed by atoms with Crippen LogP contribution in [0.2, 0.25) is 0 Å². The highest BCUT2D eigenvalue weighted by atomic mass is 19.4. The molecular formula is C37H46F14N6O5. The molecule has 2 N–H and O–H groups in total. The number of hydrogen-bond acceptors (Lipinski definition) is 10. The van der Waals surface area contributed by atoms with Crippen molar-refractivity contribution in [1.29, 1.82) is 0 Å². The number of aliphatic hydroxyl groups is 1.